The quantitative estimate of drug-likeness (QED) is 0.665. The van der Waals surface area contributed by atoms with Gasteiger partial charge in [-0.05, 0) is 24.6 Å². The van der Waals surface area contributed by atoms with Gasteiger partial charge in [0.2, 0.25) is 11.4 Å². The van der Waals surface area contributed by atoms with E-state index < -0.39 is 0 Å². The Bertz CT molecular complexity index is 736. The topological polar surface area (TPSA) is 29.7 Å². The van der Waals surface area contributed by atoms with E-state index in [9.17, 15) is 0 Å². The zero-order chi connectivity index (χ0) is 13.9. The molecule has 3 heteroatoms. The molecule has 0 saturated carbocycles. The Morgan fingerprint density at radius 1 is 0.900 bits per heavy atom. The van der Waals surface area contributed by atoms with E-state index in [4.69, 9.17) is 0 Å². The summed E-state index contributed by atoms with van der Waals surface area (Å²) in [5.41, 5.74) is 5.61. The number of hydrogen-bond acceptors (Lipinski definition) is 2. The van der Waals surface area contributed by atoms with Crippen LogP contribution in [0, 0.1) is 6.92 Å². The normalized spacial score (nSPS) is 10.5. The van der Waals surface area contributed by atoms with Crippen LogP contribution in [0.3, 0.4) is 0 Å². The average molecular weight is 262 g/mol. The SMILES string of the molecule is Cc1ccccc1-c1cccc(-c2cnccn2)[n+]1C. The van der Waals surface area contributed by atoms with Gasteiger partial charge in [-0.25, -0.2) is 4.98 Å². The van der Waals surface area contributed by atoms with E-state index in [1.54, 1.807) is 18.6 Å². The van der Waals surface area contributed by atoms with Gasteiger partial charge in [-0.2, -0.15) is 4.57 Å². The summed E-state index contributed by atoms with van der Waals surface area (Å²) in [6, 6.07) is 14.7. The van der Waals surface area contributed by atoms with Crippen molar-refractivity contribution in [2.45, 2.75) is 6.92 Å². The second-order valence-corrected chi connectivity index (χ2v) is 4.76. The number of benzene rings is 1. The minimum atomic E-state index is 0.880. The maximum Gasteiger partial charge on any atom is 0.232 e. The van der Waals surface area contributed by atoms with Crippen molar-refractivity contribution in [1.82, 2.24) is 9.97 Å². The standard InChI is InChI=1S/C17H16N3/c1-13-6-3-4-7-14(13)16-8-5-9-17(20(16)2)15-12-18-10-11-19-15/h3-12H,1-2H3/q+1. The second kappa shape index (κ2) is 5.21. The van der Waals surface area contributed by atoms with E-state index in [2.05, 4.69) is 71.0 Å². The third-order valence-electron chi connectivity index (χ3n) is 3.48. The molecule has 2 heterocycles. The molecule has 1 aromatic carbocycles. The highest BCUT2D eigenvalue weighted by Crippen LogP contribution is 2.21. The summed E-state index contributed by atoms with van der Waals surface area (Å²) in [5, 5.41) is 0. The summed E-state index contributed by atoms with van der Waals surface area (Å²) in [5.74, 6) is 0. The van der Waals surface area contributed by atoms with Crippen molar-refractivity contribution < 1.29 is 4.57 Å². The van der Waals surface area contributed by atoms with Crippen molar-refractivity contribution in [3.63, 3.8) is 0 Å². The Hall–Kier alpha value is -2.55. The molecule has 3 nitrogen and oxygen atoms in total. The predicted molar refractivity (Wildman–Crippen MR) is 78.8 cm³/mol. The molecule has 0 atom stereocenters. The molecule has 0 N–H and O–H groups in total. The smallest absolute Gasteiger partial charge is 0.232 e. The van der Waals surface area contributed by atoms with E-state index in [1.807, 2.05) is 0 Å². The number of rotatable bonds is 2. The van der Waals surface area contributed by atoms with Crippen LogP contribution < -0.4 is 4.57 Å². The second-order valence-electron chi connectivity index (χ2n) is 4.76. The first kappa shape index (κ1) is 12.5. The minimum Gasteiger partial charge on any atom is -0.261 e. The maximum absolute atomic E-state index is 4.38. The van der Waals surface area contributed by atoms with Crippen LogP contribution in [0.2, 0.25) is 0 Å². The first-order valence-electron chi connectivity index (χ1n) is 6.59. The summed E-state index contributed by atoms with van der Waals surface area (Å²) in [7, 11) is 2.06. The van der Waals surface area contributed by atoms with Gasteiger partial charge in [0.15, 0.2) is 5.69 Å². The molecule has 0 fully saturated rings. The molecule has 0 amide bonds. The van der Waals surface area contributed by atoms with E-state index in [1.165, 1.54) is 16.8 Å². The fourth-order valence-electron chi connectivity index (χ4n) is 2.40. The van der Waals surface area contributed by atoms with Crippen LogP contribution in [0.15, 0.2) is 61.1 Å². The van der Waals surface area contributed by atoms with Crippen LogP contribution in [-0.2, 0) is 7.05 Å². The van der Waals surface area contributed by atoms with E-state index >= 15 is 0 Å². The number of pyridine rings is 1. The van der Waals surface area contributed by atoms with Crippen LogP contribution in [0.4, 0.5) is 0 Å². The molecule has 0 saturated heterocycles. The van der Waals surface area contributed by atoms with Gasteiger partial charge in [-0.15, -0.1) is 0 Å². The lowest BCUT2D eigenvalue weighted by Crippen LogP contribution is -2.34. The van der Waals surface area contributed by atoms with Gasteiger partial charge >= 0.3 is 0 Å². The van der Waals surface area contributed by atoms with Crippen LogP contribution in [0.5, 0.6) is 0 Å². The molecule has 0 aliphatic heterocycles. The summed E-state index contributed by atoms with van der Waals surface area (Å²) in [4.78, 5) is 8.53. The van der Waals surface area contributed by atoms with Crippen LogP contribution in [0.1, 0.15) is 5.56 Å². The molecular weight excluding hydrogens is 246 g/mol. The van der Waals surface area contributed by atoms with Crippen LogP contribution >= 0.6 is 0 Å². The van der Waals surface area contributed by atoms with E-state index in [0.29, 0.717) is 0 Å². The largest absolute Gasteiger partial charge is 0.261 e. The Morgan fingerprint density at radius 2 is 1.70 bits per heavy atom. The number of aryl methyl sites for hydroxylation is 1. The fraction of sp³-hybridized carbons (Fsp3) is 0.118. The monoisotopic (exact) mass is 262 g/mol. The molecule has 98 valence electrons. The third kappa shape index (κ3) is 2.18. The first-order chi connectivity index (χ1) is 9.77. The molecule has 2 aromatic heterocycles. The zero-order valence-electron chi connectivity index (χ0n) is 11.6. The Kier molecular flexibility index (Phi) is 3.25. The lowest BCUT2D eigenvalue weighted by atomic mass is 10.0. The summed E-state index contributed by atoms with van der Waals surface area (Å²) in [6.07, 6.45) is 5.20. The van der Waals surface area contributed by atoms with Crippen molar-refractivity contribution in [1.29, 1.82) is 0 Å². The predicted octanol–water partition coefficient (Wildman–Crippen LogP) is 2.94. The maximum atomic E-state index is 4.38. The molecule has 0 aliphatic carbocycles. The first-order valence-corrected chi connectivity index (χ1v) is 6.59. The highest BCUT2D eigenvalue weighted by molar-refractivity contribution is 5.62. The molecule has 0 radical (unpaired) electrons. The Balaban J connectivity index is 2.19. The van der Waals surface area contributed by atoms with Gasteiger partial charge in [0.25, 0.3) is 0 Å². The van der Waals surface area contributed by atoms with Gasteiger partial charge in [-0.3, -0.25) is 4.98 Å². The van der Waals surface area contributed by atoms with Gasteiger partial charge in [-0.1, -0.05) is 18.2 Å². The van der Waals surface area contributed by atoms with Crippen molar-refractivity contribution in [3.05, 3.63) is 66.6 Å². The number of hydrogen-bond donors (Lipinski definition) is 0. The Morgan fingerprint density at radius 3 is 2.45 bits per heavy atom. The van der Waals surface area contributed by atoms with Crippen molar-refractivity contribution in [3.8, 4) is 22.6 Å². The van der Waals surface area contributed by atoms with E-state index in [-0.39, 0.29) is 0 Å². The van der Waals surface area contributed by atoms with Gasteiger partial charge in [0, 0.05) is 30.1 Å². The molecule has 0 aliphatic rings. The third-order valence-corrected chi connectivity index (χ3v) is 3.48. The molecular formula is C17H16N3+. The summed E-state index contributed by atoms with van der Waals surface area (Å²) >= 11 is 0. The van der Waals surface area contributed by atoms with Crippen molar-refractivity contribution in [2.24, 2.45) is 7.05 Å². The highest BCUT2D eigenvalue weighted by atomic mass is 15.0. The molecule has 0 unspecified atom stereocenters. The molecule has 20 heavy (non-hydrogen) atoms. The average Bonchev–Trinajstić information content (AvgIpc) is 2.49. The summed E-state index contributed by atoms with van der Waals surface area (Å²) < 4.78 is 2.16. The molecule has 3 rings (SSSR count). The van der Waals surface area contributed by atoms with Gasteiger partial charge < -0.3 is 0 Å². The Labute approximate surface area is 118 Å². The van der Waals surface area contributed by atoms with Gasteiger partial charge in [0.1, 0.15) is 7.05 Å². The lowest BCUT2D eigenvalue weighted by molar-refractivity contribution is -0.649. The van der Waals surface area contributed by atoms with Crippen LogP contribution in [-0.4, -0.2) is 9.97 Å². The van der Waals surface area contributed by atoms with Crippen molar-refractivity contribution >= 4 is 0 Å². The van der Waals surface area contributed by atoms with E-state index in [0.717, 1.165) is 11.4 Å². The highest BCUT2D eigenvalue weighted by Gasteiger charge is 2.17. The lowest BCUT2D eigenvalue weighted by Gasteiger charge is -2.06. The fourth-order valence-corrected chi connectivity index (χ4v) is 2.40. The number of aromatic nitrogens is 3. The summed E-state index contributed by atoms with van der Waals surface area (Å²) in [6.45, 7) is 2.13. The molecule has 0 bridgehead atoms. The molecule has 0 spiro atoms. The van der Waals surface area contributed by atoms with Crippen molar-refractivity contribution in [2.75, 3.05) is 0 Å². The van der Waals surface area contributed by atoms with Crippen LogP contribution in [0.25, 0.3) is 22.6 Å². The molecule has 3 aromatic rings. The van der Waals surface area contributed by atoms with Gasteiger partial charge in [0.05, 0.1) is 6.20 Å². The zero-order valence-corrected chi connectivity index (χ0v) is 11.6. The minimum absolute atomic E-state index is 0.880. The number of nitrogens with zero attached hydrogens (tertiary/aromatic N) is 3.